The zero-order valence-corrected chi connectivity index (χ0v) is 20.8. The second kappa shape index (κ2) is 12.7. The Morgan fingerprint density at radius 2 is 1.30 bits per heavy atom. The number of quaternary nitrogens is 1. The summed E-state index contributed by atoms with van der Waals surface area (Å²) < 4.78 is 3.93. The van der Waals surface area contributed by atoms with Crippen molar-refractivity contribution in [3.63, 3.8) is 0 Å². The molecule has 0 amide bonds. The first-order chi connectivity index (χ1) is 14.1. The normalized spacial score (nSPS) is 11.8. The van der Waals surface area contributed by atoms with Crippen LogP contribution in [-0.2, 0) is 6.54 Å². The summed E-state index contributed by atoms with van der Waals surface area (Å²) in [6.07, 6.45) is 14.1. The smallest absolute Gasteiger partial charge is 0.105 e. The maximum atomic E-state index is 2.40. The zero-order valence-electron chi connectivity index (χ0n) is 19.3. The molecule has 1 aromatic heterocycles. The highest BCUT2D eigenvalue weighted by molar-refractivity contribution is 7.25. The fourth-order valence-corrected chi connectivity index (χ4v) is 5.70. The third kappa shape index (κ3) is 7.25. The Balaban J connectivity index is 0.00000320. The Morgan fingerprint density at radius 1 is 0.700 bits per heavy atom. The fourth-order valence-electron chi connectivity index (χ4n) is 4.55. The molecule has 0 radical (unpaired) electrons. The molecule has 0 aliphatic heterocycles. The van der Waals surface area contributed by atoms with E-state index in [2.05, 4.69) is 63.5 Å². The Labute approximate surface area is 194 Å². The van der Waals surface area contributed by atoms with Crippen LogP contribution in [0.5, 0.6) is 0 Å². The lowest BCUT2D eigenvalue weighted by Gasteiger charge is -2.30. The molecule has 0 fully saturated rings. The number of unbranched alkanes of at least 4 members (excludes halogenated alkanes) is 9. The van der Waals surface area contributed by atoms with E-state index in [1.54, 1.807) is 0 Å². The Kier molecular flexibility index (Phi) is 10.6. The number of thiophene rings is 1. The number of benzene rings is 2. The van der Waals surface area contributed by atoms with Crippen molar-refractivity contribution in [2.75, 3.05) is 20.6 Å². The highest BCUT2D eigenvalue weighted by Crippen LogP contribution is 2.36. The summed E-state index contributed by atoms with van der Waals surface area (Å²) in [5.41, 5.74) is 1.51. The lowest BCUT2D eigenvalue weighted by atomic mass is 10.0. The van der Waals surface area contributed by atoms with E-state index in [0.29, 0.717) is 0 Å². The van der Waals surface area contributed by atoms with E-state index in [9.17, 15) is 0 Å². The third-order valence-corrected chi connectivity index (χ3v) is 7.34. The van der Waals surface area contributed by atoms with Gasteiger partial charge >= 0.3 is 0 Å². The van der Waals surface area contributed by atoms with E-state index in [1.165, 1.54) is 96.5 Å². The van der Waals surface area contributed by atoms with Crippen molar-refractivity contribution < 1.29 is 16.9 Å². The molecule has 3 heteroatoms. The van der Waals surface area contributed by atoms with Gasteiger partial charge in [-0.1, -0.05) is 88.6 Å². The molecule has 1 nitrogen and oxygen atoms in total. The molecule has 0 bridgehead atoms. The van der Waals surface area contributed by atoms with Crippen molar-refractivity contribution in [1.29, 1.82) is 0 Å². The second-order valence-electron chi connectivity index (χ2n) is 9.39. The van der Waals surface area contributed by atoms with E-state index in [0.717, 1.165) is 11.0 Å². The summed E-state index contributed by atoms with van der Waals surface area (Å²) in [7, 11) is 4.81. The maximum Gasteiger partial charge on any atom is 0.105 e. The average molecular weight is 446 g/mol. The molecule has 0 spiro atoms. The molecule has 0 aliphatic carbocycles. The summed E-state index contributed by atoms with van der Waals surface area (Å²) in [5.74, 6) is 0. The Morgan fingerprint density at radius 3 is 2.00 bits per heavy atom. The average Bonchev–Trinajstić information content (AvgIpc) is 3.09. The van der Waals surface area contributed by atoms with Gasteiger partial charge in [-0.15, -0.1) is 11.3 Å². The minimum atomic E-state index is 0. The van der Waals surface area contributed by atoms with Crippen molar-refractivity contribution in [1.82, 2.24) is 0 Å². The monoisotopic (exact) mass is 445 g/mol. The van der Waals surface area contributed by atoms with Gasteiger partial charge in [0.1, 0.15) is 6.54 Å². The van der Waals surface area contributed by atoms with Crippen LogP contribution in [0.25, 0.3) is 20.2 Å². The standard InChI is InChI=1S/C27H40NS.ClH/c1-4-5-6-7-8-9-10-11-12-15-21-28(2,3)22-23-17-16-20-26-27(23)24-18-13-14-19-25(24)29-26;/h13-14,16-20H,4-12,15,21-22H2,1-3H3;1H/q+1;/p-1. The van der Waals surface area contributed by atoms with Crippen LogP contribution in [0.1, 0.15) is 76.7 Å². The maximum absolute atomic E-state index is 2.40. The van der Waals surface area contributed by atoms with E-state index >= 15 is 0 Å². The molecule has 0 atom stereocenters. The summed E-state index contributed by atoms with van der Waals surface area (Å²) in [6.45, 7) is 4.69. The second-order valence-corrected chi connectivity index (χ2v) is 10.5. The minimum Gasteiger partial charge on any atom is -1.00 e. The lowest BCUT2D eigenvalue weighted by Crippen LogP contribution is -3.00. The van der Waals surface area contributed by atoms with Crippen molar-refractivity contribution in [3.05, 3.63) is 48.0 Å². The van der Waals surface area contributed by atoms with Gasteiger partial charge < -0.3 is 16.9 Å². The molecule has 3 aromatic rings. The van der Waals surface area contributed by atoms with Gasteiger partial charge in [-0.2, -0.15) is 0 Å². The van der Waals surface area contributed by atoms with Crippen LogP contribution >= 0.6 is 11.3 Å². The first kappa shape index (κ1) is 25.2. The highest BCUT2D eigenvalue weighted by atomic mass is 35.5. The molecule has 30 heavy (non-hydrogen) atoms. The summed E-state index contributed by atoms with van der Waals surface area (Å²) in [6, 6.07) is 15.8. The number of halogens is 1. The van der Waals surface area contributed by atoms with Gasteiger partial charge in [-0.3, -0.25) is 0 Å². The van der Waals surface area contributed by atoms with Crippen LogP contribution in [0, 0.1) is 0 Å². The molecule has 0 saturated carbocycles. The summed E-state index contributed by atoms with van der Waals surface area (Å²) in [5, 5.41) is 2.92. The molecule has 3 rings (SSSR count). The van der Waals surface area contributed by atoms with Crippen LogP contribution < -0.4 is 12.4 Å². The zero-order chi connectivity index (χ0) is 20.5. The van der Waals surface area contributed by atoms with Gasteiger partial charge in [0.05, 0.1) is 20.6 Å². The minimum absolute atomic E-state index is 0. The predicted molar refractivity (Wildman–Crippen MR) is 132 cm³/mol. The molecular formula is C27H40ClNS. The van der Waals surface area contributed by atoms with E-state index in [-0.39, 0.29) is 12.4 Å². The molecular weight excluding hydrogens is 406 g/mol. The van der Waals surface area contributed by atoms with Crippen molar-refractivity contribution in [3.8, 4) is 0 Å². The number of hydrogen-bond acceptors (Lipinski definition) is 1. The van der Waals surface area contributed by atoms with Gasteiger partial charge in [0.2, 0.25) is 0 Å². The lowest BCUT2D eigenvalue weighted by molar-refractivity contribution is -0.903. The van der Waals surface area contributed by atoms with Gasteiger partial charge in [-0.05, 0) is 25.0 Å². The third-order valence-electron chi connectivity index (χ3n) is 6.20. The van der Waals surface area contributed by atoms with Gasteiger partial charge in [0, 0.05) is 25.7 Å². The van der Waals surface area contributed by atoms with Crippen LogP contribution in [-0.4, -0.2) is 25.1 Å². The van der Waals surface area contributed by atoms with Gasteiger partial charge in [0.15, 0.2) is 0 Å². The molecule has 2 aromatic carbocycles. The van der Waals surface area contributed by atoms with E-state index < -0.39 is 0 Å². The van der Waals surface area contributed by atoms with Crippen LogP contribution in [0.2, 0.25) is 0 Å². The Bertz CT molecular complexity index is 883. The number of hydrogen-bond donors (Lipinski definition) is 0. The van der Waals surface area contributed by atoms with Crippen LogP contribution in [0.15, 0.2) is 42.5 Å². The first-order valence-electron chi connectivity index (χ1n) is 11.8. The number of nitrogens with zero attached hydrogens (tertiary/aromatic N) is 1. The molecule has 0 unspecified atom stereocenters. The molecule has 1 heterocycles. The fraction of sp³-hybridized carbons (Fsp3) is 0.556. The Hall–Kier alpha value is -1.09. The van der Waals surface area contributed by atoms with Gasteiger partial charge in [0.25, 0.3) is 0 Å². The number of fused-ring (bicyclic) bond motifs is 3. The largest absolute Gasteiger partial charge is 1.00 e. The molecule has 0 N–H and O–H groups in total. The molecule has 0 saturated heterocycles. The van der Waals surface area contributed by atoms with Crippen molar-refractivity contribution in [2.24, 2.45) is 0 Å². The number of rotatable bonds is 13. The van der Waals surface area contributed by atoms with Crippen molar-refractivity contribution >= 4 is 31.5 Å². The van der Waals surface area contributed by atoms with E-state index in [4.69, 9.17) is 0 Å². The quantitative estimate of drug-likeness (QED) is 0.239. The summed E-state index contributed by atoms with van der Waals surface area (Å²) in [4.78, 5) is 0. The van der Waals surface area contributed by atoms with Gasteiger partial charge in [-0.25, -0.2) is 0 Å². The summed E-state index contributed by atoms with van der Waals surface area (Å²) >= 11 is 1.93. The van der Waals surface area contributed by atoms with E-state index in [1.807, 2.05) is 11.3 Å². The molecule has 0 aliphatic rings. The molecule has 166 valence electrons. The predicted octanol–water partition coefficient (Wildman–Crippen LogP) is 5.56. The highest BCUT2D eigenvalue weighted by Gasteiger charge is 2.18. The SMILES string of the molecule is CCCCCCCCCCCC[N+](C)(C)Cc1cccc2sc3ccccc3c12.[Cl-]. The van der Waals surface area contributed by atoms with Crippen molar-refractivity contribution in [2.45, 2.75) is 77.7 Å². The topological polar surface area (TPSA) is 0 Å². The first-order valence-corrected chi connectivity index (χ1v) is 12.6. The van der Waals surface area contributed by atoms with Crippen LogP contribution in [0.4, 0.5) is 0 Å². The van der Waals surface area contributed by atoms with Crippen LogP contribution in [0.3, 0.4) is 0 Å².